The topological polar surface area (TPSA) is 67.6 Å². The molecule has 1 amide bonds. The summed E-state index contributed by atoms with van der Waals surface area (Å²) in [5.41, 5.74) is 8.04. The van der Waals surface area contributed by atoms with Crippen molar-refractivity contribution >= 4 is 11.6 Å². The van der Waals surface area contributed by atoms with Crippen LogP contribution in [0.5, 0.6) is 5.75 Å². The molecule has 0 aliphatic carbocycles. The maximum atomic E-state index is 12.3. The smallest absolute Gasteiger partial charge is 0.241 e. The lowest BCUT2D eigenvalue weighted by Crippen LogP contribution is -2.37. The van der Waals surface area contributed by atoms with Crippen molar-refractivity contribution in [3.63, 3.8) is 0 Å². The van der Waals surface area contributed by atoms with Crippen LogP contribution in [0.25, 0.3) is 0 Å². The first-order valence-electron chi connectivity index (χ1n) is 8.64. The zero-order chi connectivity index (χ0) is 17.6. The van der Waals surface area contributed by atoms with Gasteiger partial charge >= 0.3 is 0 Å². The molecule has 1 heterocycles. The largest absolute Gasteiger partial charge is 0.497 e. The van der Waals surface area contributed by atoms with E-state index in [2.05, 4.69) is 16.3 Å². The monoisotopic (exact) mass is 339 g/mol. The van der Waals surface area contributed by atoms with Crippen LogP contribution in [0.2, 0.25) is 0 Å². The number of ether oxygens (including phenoxy) is 1. The highest BCUT2D eigenvalue weighted by Crippen LogP contribution is 2.26. The quantitative estimate of drug-likeness (QED) is 0.848. The molecule has 2 unspecified atom stereocenters. The lowest BCUT2D eigenvalue weighted by Gasteiger charge is -2.20. The molecule has 0 spiro atoms. The fourth-order valence-corrected chi connectivity index (χ4v) is 3.21. The average molecular weight is 339 g/mol. The molecule has 2 atom stereocenters. The van der Waals surface area contributed by atoms with Crippen LogP contribution < -0.4 is 20.7 Å². The molecule has 5 nitrogen and oxygen atoms in total. The predicted octanol–water partition coefficient (Wildman–Crippen LogP) is 2.34. The molecule has 132 valence electrons. The van der Waals surface area contributed by atoms with E-state index in [1.54, 1.807) is 7.11 Å². The van der Waals surface area contributed by atoms with Crippen molar-refractivity contribution in [1.82, 2.24) is 5.32 Å². The van der Waals surface area contributed by atoms with Gasteiger partial charge in [-0.15, -0.1) is 0 Å². The van der Waals surface area contributed by atoms with Crippen molar-refractivity contribution in [2.45, 2.75) is 12.5 Å². The zero-order valence-electron chi connectivity index (χ0n) is 14.5. The molecule has 2 aromatic rings. The fraction of sp³-hybridized carbons (Fsp3) is 0.350. The van der Waals surface area contributed by atoms with E-state index in [1.807, 2.05) is 48.5 Å². The standard InChI is InChI=1S/C20H25N3O2/c1-25-18-9-5-8-17(12-18)23-11-10-15(14-23)13-22-20(24)19(21)16-6-3-2-4-7-16/h2-9,12,15,19H,10-11,13-14,21H2,1H3,(H,22,24). The Balaban J connectivity index is 1.50. The van der Waals surface area contributed by atoms with Gasteiger partial charge in [0.1, 0.15) is 11.8 Å². The molecule has 0 radical (unpaired) electrons. The van der Waals surface area contributed by atoms with Gasteiger partial charge in [-0.05, 0) is 30.0 Å². The Morgan fingerprint density at radius 2 is 2.08 bits per heavy atom. The molecule has 3 rings (SSSR count). The van der Waals surface area contributed by atoms with E-state index in [1.165, 1.54) is 0 Å². The highest BCUT2D eigenvalue weighted by molar-refractivity contribution is 5.82. The number of rotatable bonds is 6. The molecule has 0 aromatic heterocycles. The number of hydrogen-bond acceptors (Lipinski definition) is 4. The van der Waals surface area contributed by atoms with Crippen LogP contribution in [-0.4, -0.2) is 32.7 Å². The Morgan fingerprint density at radius 3 is 2.84 bits per heavy atom. The van der Waals surface area contributed by atoms with E-state index in [-0.39, 0.29) is 5.91 Å². The van der Waals surface area contributed by atoms with Crippen molar-refractivity contribution in [3.8, 4) is 5.75 Å². The van der Waals surface area contributed by atoms with Crippen LogP contribution in [0.1, 0.15) is 18.0 Å². The molecular formula is C20H25N3O2. The lowest BCUT2D eigenvalue weighted by atomic mass is 10.1. The van der Waals surface area contributed by atoms with Gasteiger partial charge in [0.2, 0.25) is 5.91 Å². The van der Waals surface area contributed by atoms with Gasteiger partial charge in [0.05, 0.1) is 7.11 Å². The first kappa shape index (κ1) is 17.3. The van der Waals surface area contributed by atoms with Crippen molar-refractivity contribution in [3.05, 3.63) is 60.2 Å². The summed E-state index contributed by atoms with van der Waals surface area (Å²) in [4.78, 5) is 14.6. The van der Waals surface area contributed by atoms with Crippen molar-refractivity contribution in [2.24, 2.45) is 11.7 Å². The number of benzene rings is 2. The Labute approximate surface area is 148 Å². The van der Waals surface area contributed by atoms with Crippen molar-refractivity contribution < 1.29 is 9.53 Å². The van der Waals surface area contributed by atoms with Gasteiger partial charge in [-0.1, -0.05) is 36.4 Å². The van der Waals surface area contributed by atoms with Crippen LogP contribution in [0, 0.1) is 5.92 Å². The number of nitrogens with one attached hydrogen (secondary N) is 1. The zero-order valence-corrected chi connectivity index (χ0v) is 14.5. The molecule has 1 aliphatic rings. The second-order valence-electron chi connectivity index (χ2n) is 6.44. The van der Waals surface area contributed by atoms with Crippen LogP contribution in [0.15, 0.2) is 54.6 Å². The summed E-state index contributed by atoms with van der Waals surface area (Å²) in [5.74, 6) is 1.17. The maximum Gasteiger partial charge on any atom is 0.241 e. The minimum absolute atomic E-state index is 0.119. The fourth-order valence-electron chi connectivity index (χ4n) is 3.21. The van der Waals surface area contributed by atoms with Crippen LogP contribution in [0.4, 0.5) is 5.69 Å². The number of hydrogen-bond donors (Lipinski definition) is 2. The number of nitrogens with two attached hydrogens (primary N) is 1. The molecule has 3 N–H and O–H groups in total. The third kappa shape index (κ3) is 4.31. The van der Waals surface area contributed by atoms with E-state index >= 15 is 0 Å². The van der Waals surface area contributed by atoms with Gasteiger partial charge in [0, 0.05) is 31.4 Å². The molecule has 25 heavy (non-hydrogen) atoms. The number of anilines is 1. The number of nitrogens with zero attached hydrogens (tertiary/aromatic N) is 1. The minimum atomic E-state index is -0.614. The molecule has 1 fully saturated rings. The third-order valence-corrected chi connectivity index (χ3v) is 4.71. The van der Waals surface area contributed by atoms with E-state index in [4.69, 9.17) is 10.5 Å². The highest BCUT2D eigenvalue weighted by atomic mass is 16.5. The predicted molar refractivity (Wildman–Crippen MR) is 99.7 cm³/mol. The average Bonchev–Trinajstić information content (AvgIpc) is 3.15. The van der Waals surface area contributed by atoms with Crippen LogP contribution in [0.3, 0.4) is 0 Å². The summed E-state index contributed by atoms with van der Waals surface area (Å²) in [6, 6.07) is 16.9. The lowest BCUT2D eigenvalue weighted by molar-refractivity contribution is -0.122. The van der Waals surface area contributed by atoms with Crippen LogP contribution in [-0.2, 0) is 4.79 Å². The number of carbonyl (C=O) groups is 1. The summed E-state index contributed by atoms with van der Waals surface area (Å²) in [6.07, 6.45) is 1.05. The summed E-state index contributed by atoms with van der Waals surface area (Å²) in [7, 11) is 1.68. The SMILES string of the molecule is COc1cccc(N2CCC(CNC(=O)C(N)c3ccccc3)C2)c1. The molecule has 0 bridgehead atoms. The highest BCUT2D eigenvalue weighted by Gasteiger charge is 2.24. The molecule has 2 aromatic carbocycles. The number of methoxy groups -OCH3 is 1. The maximum absolute atomic E-state index is 12.3. The van der Waals surface area contributed by atoms with Gasteiger partial charge in [-0.25, -0.2) is 0 Å². The minimum Gasteiger partial charge on any atom is -0.497 e. The van der Waals surface area contributed by atoms with Gasteiger partial charge in [0.15, 0.2) is 0 Å². The number of carbonyl (C=O) groups excluding carboxylic acids is 1. The third-order valence-electron chi connectivity index (χ3n) is 4.71. The normalized spacial score (nSPS) is 18.0. The Bertz CT molecular complexity index is 705. The molecule has 0 saturated carbocycles. The first-order valence-corrected chi connectivity index (χ1v) is 8.64. The first-order chi connectivity index (χ1) is 12.2. The van der Waals surface area contributed by atoms with Gasteiger partial charge < -0.3 is 20.7 Å². The summed E-state index contributed by atoms with van der Waals surface area (Å²) in [6.45, 7) is 2.56. The van der Waals surface area contributed by atoms with Crippen molar-refractivity contribution in [1.29, 1.82) is 0 Å². The van der Waals surface area contributed by atoms with E-state index in [0.717, 1.165) is 36.5 Å². The van der Waals surface area contributed by atoms with E-state index in [0.29, 0.717) is 12.5 Å². The molecular weight excluding hydrogens is 314 g/mol. The number of amides is 1. The van der Waals surface area contributed by atoms with Crippen molar-refractivity contribution in [2.75, 3.05) is 31.6 Å². The van der Waals surface area contributed by atoms with Gasteiger partial charge in [-0.2, -0.15) is 0 Å². The second-order valence-corrected chi connectivity index (χ2v) is 6.44. The Hall–Kier alpha value is -2.53. The Kier molecular flexibility index (Phi) is 5.56. The summed E-state index contributed by atoms with van der Waals surface area (Å²) < 4.78 is 5.29. The van der Waals surface area contributed by atoms with Gasteiger partial charge in [-0.3, -0.25) is 4.79 Å². The molecule has 1 saturated heterocycles. The summed E-state index contributed by atoms with van der Waals surface area (Å²) in [5, 5.41) is 3.00. The van der Waals surface area contributed by atoms with Crippen LogP contribution >= 0.6 is 0 Å². The second kappa shape index (κ2) is 8.03. The summed E-state index contributed by atoms with van der Waals surface area (Å²) >= 11 is 0. The van der Waals surface area contributed by atoms with E-state index in [9.17, 15) is 4.79 Å². The molecule has 5 heteroatoms. The van der Waals surface area contributed by atoms with E-state index < -0.39 is 6.04 Å². The van der Waals surface area contributed by atoms with Gasteiger partial charge in [0.25, 0.3) is 0 Å². The Morgan fingerprint density at radius 1 is 1.28 bits per heavy atom. The molecule has 1 aliphatic heterocycles.